The highest BCUT2D eigenvalue weighted by atomic mass is 16.5. The minimum absolute atomic E-state index is 0.305. The molecule has 3 heteroatoms. The normalized spacial score (nSPS) is 11.3. The summed E-state index contributed by atoms with van der Waals surface area (Å²) in [5.41, 5.74) is 1.27. The van der Waals surface area contributed by atoms with Crippen LogP contribution < -0.4 is 10.1 Å². The molecule has 0 fully saturated rings. The van der Waals surface area contributed by atoms with Crippen LogP contribution in [0.25, 0.3) is 0 Å². The van der Waals surface area contributed by atoms with Crippen molar-refractivity contribution in [3.8, 4) is 5.75 Å². The fourth-order valence-corrected chi connectivity index (χ4v) is 1.72. The first-order chi connectivity index (χ1) is 9.58. The molecule has 1 N–H and O–H groups in total. The highest BCUT2D eigenvalue weighted by Crippen LogP contribution is 2.13. The first kappa shape index (κ1) is 17.0. The van der Waals surface area contributed by atoms with Gasteiger partial charge < -0.3 is 14.8 Å². The van der Waals surface area contributed by atoms with Crippen LogP contribution in [0.1, 0.15) is 39.7 Å². The van der Waals surface area contributed by atoms with Crippen molar-refractivity contribution < 1.29 is 9.47 Å². The zero-order valence-corrected chi connectivity index (χ0v) is 13.3. The average molecular weight is 279 g/mol. The Morgan fingerprint density at radius 3 is 2.30 bits per heavy atom. The molecule has 1 rings (SSSR count). The maximum absolute atomic E-state index is 5.70. The Morgan fingerprint density at radius 2 is 1.70 bits per heavy atom. The van der Waals surface area contributed by atoms with E-state index in [2.05, 4.69) is 45.1 Å². The molecule has 1 aromatic carbocycles. The van der Waals surface area contributed by atoms with E-state index in [0.29, 0.717) is 12.0 Å². The van der Waals surface area contributed by atoms with Gasteiger partial charge >= 0.3 is 0 Å². The van der Waals surface area contributed by atoms with Crippen molar-refractivity contribution in [2.75, 3.05) is 19.8 Å². The van der Waals surface area contributed by atoms with Gasteiger partial charge in [0.1, 0.15) is 5.75 Å². The van der Waals surface area contributed by atoms with Crippen molar-refractivity contribution in [2.45, 2.75) is 46.8 Å². The van der Waals surface area contributed by atoms with Gasteiger partial charge in [-0.15, -0.1) is 0 Å². The molecule has 0 amide bonds. The Bertz CT molecular complexity index is 347. The molecular formula is C17H29NO2. The molecule has 20 heavy (non-hydrogen) atoms. The van der Waals surface area contributed by atoms with Crippen LogP contribution in [0.5, 0.6) is 5.75 Å². The van der Waals surface area contributed by atoms with Crippen LogP contribution in [0.3, 0.4) is 0 Å². The predicted molar refractivity (Wildman–Crippen MR) is 84.2 cm³/mol. The molecule has 0 bridgehead atoms. The van der Waals surface area contributed by atoms with Crippen LogP contribution in [0, 0.1) is 5.92 Å². The standard InChI is InChI=1S/C17H29NO2/c1-14(2)9-11-20-17-7-5-16(6-8-17)13-18-10-12-19-15(3)4/h5-8,14-15,18H,9-13H2,1-4H3. The van der Waals surface area contributed by atoms with E-state index in [1.54, 1.807) is 0 Å². The molecule has 0 aliphatic carbocycles. The van der Waals surface area contributed by atoms with E-state index in [-0.39, 0.29) is 0 Å². The van der Waals surface area contributed by atoms with Crippen molar-refractivity contribution in [2.24, 2.45) is 5.92 Å². The Balaban J connectivity index is 2.18. The van der Waals surface area contributed by atoms with E-state index in [1.165, 1.54) is 5.56 Å². The van der Waals surface area contributed by atoms with Crippen LogP contribution in [0.2, 0.25) is 0 Å². The molecule has 0 heterocycles. The van der Waals surface area contributed by atoms with Crippen LogP contribution in [0.4, 0.5) is 0 Å². The zero-order valence-electron chi connectivity index (χ0n) is 13.3. The molecule has 0 unspecified atom stereocenters. The van der Waals surface area contributed by atoms with E-state index in [4.69, 9.17) is 9.47 Å². The molecule has 1 aromatic rings. The first-order valence-electron chi connectivity index (χ1n) is 7.62. The fourth-order valence-electron chi connectivity index (χ4n) is 1.72. The van der Waals surface area contributed by atoms with Gasteiger partial charge in [-0.1, -0.05) is 26.0 Å². The predicted octanol–water partition coefficient (Wildman–Crippen LogP) is 3.63. The number of nitrogens with one attached hydrogen (secondary N) is 1. The van der Waals surface area contributed by atoms with Crippen LogP contribution in [-0.2, 0) is 11.3 Å². The maximum Gasteiger partial charge on any atom is 0.119 e. The SMILES string of the molecule is CC(C)CCOc1ccc(CNCCOC(C)C)cc1. The van der Waals surface area contributed by atoms with Gasteiger partial charge in [-0.2, -0.15) is 0 Å². The molecular weight excluding hydrogens is 250 g/mol. The lowest BCUT2D eigenvalue weighted by Gasteiger charge is -2.10. The van der Waals surface area contributed by atoms with Crippen LogP contribution in [-0.4, -0.2) is 25.9 Å². The topological polar surface area (TPSA) is 30.5 Å². The summed E-state index contributed by atoms with van der Waals surface area (Å²) in [5.74, 6) is 1.64. The Hall–Kier alpha value is -1.06. The third-order valence-corrected chi connectivity index (χ3v) is 2.95. The third kappa shape index (κ3) is 8.18. The summed E-state index contributed by atoms with van der Waals surface area (Å²) in [6.45, 7) is 11.8. The van der Waals surface area contributed by atoms with E-state index < -0.39 is 0 Å². The zero-order chi connectivity index (χ0) is 14.8. The minimum Gasteiger partial charge on any atom is -0.494 e. The quantitative estimate of drug-likeness (QED) is 0.663. The van der Waals surface area contributed by atoms with Gasteiger partial charge in [-0.3, -0.25) is 0 Å². The van der Waals surface area contributed by atoms with Crippen LogP contribution in [0.15, 0.2) is 24.3 Å². The third-order valence-electron chi connectivity index (χ3n) is 2.95. The van der Waals surface area contributed by atoms with E-state index >= 15 is 0 Å². The number of rotatable bonds is 10. The molecule has 0 saturated carbocycles. The highest BCUT2D eigenvalue weighted by molar-refractivity contribution is 5.27. The molecule has 114 valence electrons. The van der Waals surface area contributed by atoms with E-state index in [9.17, 15) is 0 Å². The van der Waals surface area contributed by atoms with Gasteiger partial charge in [0.15, 0.2) is 0 Å². The lowest BCUT2D eigenvalue weighted by Crippen LogP contribution is -2.20. The molecule has 0 atom stereocenters. The number of ether oxygens (including phenoxy) is 2. The Kier molecular flexibility index (Phi) is 8.31. The monoisotopic (exact) mass is 279 g/mol. The van der Waals surface area contributed by atoms with Crippen molar-refractivity contribution >= 4 is 0 Å². The summed E-state index contributed by atoms with van der Waals surface area (Å²) in [6.07, 6.45) is 1.40. The Morgan fingerprint density at radius 1 is 1.00 bits per heavy atom. The van der Waals surface area contributed by atoms with Crippen molar-refractivity contribution in [1.29, 1.82) is 0 Å². The summed E-state index contributed by atoms with van der Waals surface area (Å²) < 4.78 is 11.2. The largest absolute Gasteiger partial charge is 0.494 e. The number of benzene rings is 1. The van der Waals surface area contributed by atoms with Crippen molar-refractivity contribution in [1.82, 2.24) is 5.32 Å². The highest BCUT2D eigenvalue weighted by Gasteiger charge is 1.98. The second-order valence-electron chi connectivity index (χ2n) is 5.77. The average Bonchev–Trinajstić information content (AvgIpc) is 2.39. The molecule has 0 saturated heterocycles. The molecule has 0 radical (unpaired) electrons. The van der Waals surface area contributed by atoms with Crippen molar-refractivity contribution in [3.05, 3.63) is 29.8 Å². The van der Waals surface area contributed by atoms with Gasteiger partial charge in [0.2, 0.25) is 0 Å². The molecule has 0 aromatic heterocycles. The summed E-state index contributed by atoms with van der Waals surface area (Å²) in [7, 11) is 0. The molecule has 3 nitrogen and oxygen atoms in total. The number of hydrogen-bond acceptors (Lipinski definition) is 3. The van der Waals surface area contributed by atoms with Gasteiger partial charge in [-0.05, 0) is 43.9 Å². The summed E-state index contributed by atoms with van der Waals surface area (Å²) in [4.78, 5) is 0. The minimum atomic E-state index is 0.305. The van der Waals surface area contributed by atoms with Gasteiger partial charge in [0.25, 0.3) is 0 Å². The van der Waals surface area contributed by atoms with Gasteiger partial charge in [0.05, 0.1) is 19.3 Å². The summed E-state index contributed by atoms with van der Waals surface area (Å²) >= 11 is 0. The second kappa shape index (κ2) is 9.78. The second-order valence-corrected chi connectivity index (χ2v) is 5.77. The van der Waals surface area contributed by atoms with Gasteiger partial charge in [0, 0.05) is 13.1 Å². The molecule has 0 aliphatic rings. The first-order valence-corrected chi connectivity index (χ1v) is 7.62. The van der Waals surface area contributed by atoms with Crippen molar-refractivity contribution in [3.63, 3.8) is 0 Å². The van der Waals surface area contributed by atoms with E-state index in [1.807, 2.05) is 12.1 Å². The Labute approximate surface area is 123 Å². The fraction of sp³-hybridized carbons (Fsp3) is 0.647. The van der Waals surface area contributed by atoms with Gasteiger partial charge in [-0.25, -0.2) is 0 Å². The summed E-state index contributed by atoms with van der Waals surface area (Å²) in [6, 6.07) is 8.31. The summed E-state index contributed by atoms with van der Waals surface area (Å²) in [5, 5.41) is 3.37. The smallest absolute Gasteiger partial charge is 0.119 e. The lowest BCUT2D eigenvalue weighted by molar-refractivity contribution is 0.0807. The lowest BCUT2D eigenvalue weighted by atomic mass is 10.1. The van der Waals surface area contributed by atoms with Crippen LogP contribution >= 0.6 is 0 Å². The molecule has 0 aliphatic heterocycles. The number of hydrogen-bond donors (Lipinski definition) is 1. The maximum atomic E-state index is 5.70. The molecule has 0 spiro atoms. The van der Waals surface area contributed by atoms with E-state index in [0.717, 1.165) is 38.5 Å².